The van der Waals surface area contributed by atoms with Crippen LogP contribution in [-0.4, -0.2) is 22.5 Å². The molecular formula is C9H10N2O4. The molecule has 6 nitrogen and oxygen atoms in total. The topological polar surface area (TPSA) is 82.3 Å². The fourth-order valence-electron chi connectivity index (χ4n) is 1.04. The summed E-state index contributed by atoms with van der Waals surface area (Å²) in [6, 6.07) is 1.17. The first kappa shape index (κ1) is 11.1. The predicted molar refractivity (Wildman–Crippen MR) is 51.6 cm³/mol. The van der Waals surface area contributed by atoms with Crippen LogP contribution in [0.25, 0.3) is 0 Å². The second-order valence-electron chi connectivity index (χ2n) is 2.80. The van der Waals surface area contributed by atoms with Crippen LogP contribution < -0.4 is 0 Å². The van der Waals surface area contributed by atoms with Gasteiger partial charge in [0.1, 0.15) is 6.20 Å². The maximum absolute atomic E-state index is 11.4. The normalized spacial score (nSPS) is 9.73. The van der Waals surface area contributed by atoms with Gasteiger partial charge in [0.05, 0.1) is 22.8 Å². The second-order valence-corrected chi connectivity index (χ2v) is 2.80. The minimum absolute atomic E-state index is 0.131. The number of aryl methyl sites for hydroxylation is 1. The first-order chi connectivity index (χ1) is 7.06. The van der Waals surface area contributed by atoms with E-state index in [4.69, 9.17) is 4.74 Å². The van der Waals surface area contributed by atoms with Crippen molar-refractivity contribution in [3.63, 3.8) is 0 Å². The fourth-order valence-corrected chi connectivity index (χ4v) is 1.04. The lowest BCUT2D eigenvalue weighted by Gasteiger charge is -2.03. The van der Waals surface area contributed by atoms with Gasteiger partial charge in [-0.25, -0.2) is 4.79 Å². The van der Waals surface area contributed by atoms with Crippen molar-refractivity contribution in [3.8, 4) is 0 Å². The SMILES string of the molecule is CCOC(=O)c1cc([N+](=O)[O-])cnc1C. The van der Waals surface area contributed by atoms with Gasteiger partial charge in [-0.1, -0.05) is 0 Å². The molecule has 0 aliphatic rings. The van der Waals surface area contributed by atoms with Crippen LogP contribution in [0.4, 0.5) is 5.69 Å². The summed E-state index contributed by atoms with van der Waals surface area (Å²) < 4.78 is 4.74. The van der Waals surface area contributed by atoms with Crippen LogP contribution in [0.5, 0.6) is 0 Å². The van der Waals surface area contributed by atoms with E-state index in [-0.39, 0.29) is 17.9 Å². The van der Waals surface area contributed by atoms with Crippen molar-refractivity contribution in [3.05, 3.63) is 33.6 Å². The van der Waals surface area contributed by atoms with Gasteiger partial charge in [-0.3, -0.25) is 15.1 Å². The third-order valence-electron chi connectivity index (χ3n) is 1.78. The number of hydrogen-bond acceptors (Lipinski definition) is 5. The summed E-state index contributed by atoms with van der Waals surface area (Å²) in [5.74, 6) is -0.591. The Balaban J connectivity index is 3.10. The number of aromatic nitrogens is 1. The Bertz CT molecular complexity index is 403. The molecule has 0 N–H and O–H groups in total. The molecule has 1 heterocycles. The zero-order chi connectivity index (χ0) is 11.4. The van der Waals surface area contributed by atoms with E-state index in [1.165, 1.54) is 6.07 Å². The van der Waals surface area contributed by atoms with Crippen molar-refractivity contribution < 1.29 is 14.5 Å². The predicted octanol–water partition coefficient (Wildman–Crippen LogP) is 1.47. The second kappa shape index (κ2) is 4.50. The van der Waals surface area contributed by atoms with Crippen molar-refractivity contribution in [1.29, 1.82) is 0 Å². The first-order valence-corrected chi connectivity index (χ1v) is 4.34. The Labute approximate surface area is 86.0 Å². The monoisotopic (exact) mass is 210 g/mol. The Kier molecular flexibility index (Phi) is 3.33. The highest BCUT2D eigenvalue weighted by Gasteiger charge is 2.16. The molecule has 1 aromatic rings. The van der Waals surface area contributed by atoms with Gasteiger partial charge in [-0.05, 0) is 13.8 Å². The number of rotatable bonds is 3. The van der Waals surface area contributed by atoms with Gasteiger partial charge in [-0.15, -0.1) is 0 Å². The Morgan fingerprint density at radius 3 is 2.87 bits per heavy atom. The lowest BCUT2D eigenvalue weighted by atomic mass is 10.2. The lowest BCUT2D eigenvalue weighted by Crippen LogP contribution is -2.08. The molecule has 80 valence electrons. The van der Waals surface area contributed by atoms with Crippen molar-refractivity contribution in [1.82, 2.24) is 4.98 Å². The Morgan fingerprint density at radius 2 is 2.33 bits per heavy atom. The molecule has 0 aliphatic carbocycles. The minimum Gasteiger partial charge on any atom is -0.462 e. The Morgan fingerprint density at radius 1 is 1.67 bits per heavy atom. The van der Waals surface area contributed by atoms with Gasteiger partial charge >= 0.3 is 5.97 Å². The molecule has 0 saturated heterocycles. The molecule has 0 unspecified atom stereocenters. The van der Waals surface area contributed by atoms with Gasteiger partial charge in [0.15, 0.2) is 0 Å². The molecule has 0 radical (unpaired) electrons. The number of pyridine rings is 1. The zero-order valence-corrected chi connectivity index (χ0v) is 8.39. The molecule has 0 amide bonds. The number of ether oxygens (including phenoxy) is 1. The Hall–Kier alpha value is -1.98. The van der Waals surface area contributed by atoms with Crippen molar-refractivity contribution in [2.75, 3.05) is 6.61 Å². The van der Waals surface area contributed by atoms with Crippen molar-refractivity contribution >= 4 is 11.7 Å². The standard InChI is InChI=1S/C9H10N2O4/c1-3-15-9(12)8-4-7(11(13)14)5-10-6(8)2/h4-5H,3H2,1-2H3. The van der Waals surface area contributed by atoms with Crippen LogP contribution >= 0.6 is 0 Å². The van der Waals surface area contributed by atoms with E-state index in [2.05, 4.69) is 4.98 Å². The van der Waals surface area contributed by atoms with Crippen LogP contribution in [0, 0.1) is 17.0 Å². The molecule has 0 atom stereocenters. The van der Waals surface area contributed by atoms with Crippen LogP contribution in [-0.2, 0) is 4.74 Å². The van der Waals surface area contributed by atoms with Gasteiger partial charge in [-0.2, -0.15) is 0 Å². The average Bonchev–Trinajstić information content (AvgIpc) is 2.18. The van der Waals surface area contributed by atoms with Crippen LogP contribution in [0.1, 0.15) is 23.0 Å². The summed E-state index contributed by atoms with van der Waals surface area (Å²) in [5.41, 5.74) is 0.328. The van der Waals surface area contributed by atoms with E-state index in [9.17, 15) is 14.9 Å². The molecule has 0 aliphatic heterocycles. The van der Waals surface area contributed by atoms with Gasteiger partial charge in [0.25, 0.3) is 5.69 Å². The summed E-state index contributed by atoms with van der Waals surface area (Å²) in [6.45, 7) is 3.48. The summed E-state index contributed by atoms with van der Waals surface area (Å²) >= 11 is 0. The maximum Gasteiger partial charge on any atom is 0.340 e. The number of hydrogen-bond donors (Lipinski definition) is 0. The van der Waals surface area contributed by atoms with E-state index in [0.717, 1.165) is 6.20 Å². The van der Waals surface area contributed by atoms with E-state index in [0.29, 0.717) is 5.69 Å². The molecule has 0 fully saturated rings. The lowest BCUT2D eigenvalue weighted by molar-refractivity contribution is -0.385. The average molecular weight is 210 g/mol. The molecule has 1 rings (SSSR count). The fraction of sp³-hybridized carbons (Fsp3) is 0.333. The maximum atomic E-state index is 11.4. The van der Waals surface area contributed by atoms with Crippen LogP contribution in [0.2, 0.25) is 0 Å². The smallest absolute Gasteiger partial charge is 0.340 e. The highest BCUT2D eigenvalue weighted by molar-refractivity contribution is 5.91. The third kappa shape index (κ3) is 2.49. The minimum atomic E-state index is -0.602. The zero-order valence-electron chi connectivity index (χ0n) is 8.39. The van der Waals surface area contributed by atoms with E-state index in [1.807, 2.05) is 0 Å². The molecular weight excluding hydrogens is 200 g/mol. The molecule has 0 spiro atoms. The van der Waals surface area contributed by atoms with Crippen LogP contribution in [0.15, 0.2) is 12.3 Å². The summed E-state index contributed by atoms with van der Waals surface area (Å²) in [6.07, 6.45) is 1.11. The molecule has 1 aromatic heterocycles. The summed E-state index contributed by atoms with van der Waals surface area (Å²) in [4.78, 5) is 25.0. The number of nitrogens with zero attached hydrogens (tertiary/aromatic N) is 2. The van der Waals surface area contributed by atoms with Gasteiger partial charge in [0.2, 0.25) is 0 Å². The van der Waals surface area contributed by atoms with Gasteiger partial charge < -0.3 is 4.74 Å². The van der Waals surface area contributed by atoms with E-state index in [1.54, 1.807) is 13.8 Å². The summed E-state index contributed by atoms with van der Waals surface area (Å²) in [5, 5.41) is 10.5. The highest BCUT2D eigenvalue weighted by Crippen LogP contribution is 2.15. The largest absolute Gasteiger partial charge is 0.462 e. The van der Waals surface area contributed by atoms with Gasteiger partial charge in [0, 0.05) is 6.07 Å². The molecule has 0 aromatic carbocycles. The molecule has 6 heteroatoms. The summed E-state index contributed by atoms with van der Waals surface area (Å²) in [7, 11) is 0. The first-order valence-electron chi connectivity index (χ1n) is 4.34. The molecule has 0 bridgehead atoms. The number of carbonyl (C=O) groups is 1. The van der Waals surface area contributed by atoms with Crippen molar-refractivity contribution in [2.24, 2.45) is 0 Å². The number of esters is 1. The van der Waals surface area contributed by atoms with Crippen LogP contribution in [0.3, 0.4) is 0 Å². The number of carbonyl (C=O) groups excluding carboxylic acids is 1. The molecule has 0 saturated carbocycles. The quantitative estimate of drug-likeness (QED) is 0.428. The highest BCUT2D eigenvalue weighted by atomic mass is 16.6. The van der Waals surface area contributed by atoms with E-state index < -0.39 is 10.9 Å². The number of nitro groups is 1. The molecule has 15 heavy (non-hydrogen) atoms. The van der Waals surface area contributed by atoms with E-state index >= 15 is 0 Å². The van der Waals surface area contributed by atoms with Crippen molar-refractivity contribution in [2.45, 2.75) is 13.8 Å². The third-order valence-corrected chi connectivity index (χ3v) is 1.78.